The van der Waals surface area contributed by atoms with E-state index in [2.05, 4.69) is 43.8 Å². The van der Waals surface area contributed by atoms with E-state index in [4.69, 9.17) is 0 Å². The van der Waals surface area contributed by atoms with Gasteiger partial charge in [0.2, 0.25) is 0 Å². The molecule has 0 aliphatic heterocycles. The molecule has 1 amide bonds. The van der Waals surface area contributed by atoms with E-state index in [1.165, 1.54) is 0 Å². The monoisotopic (exact) mass is 429 g/mol. The van der Waals surface area contributed by atoms with Crippen LogP contribution in [0.25, 0.3) is 0 Å². The van der Waals surface area contributed by atoms with Crippen LogP contribution in [0.1, 0.15) is 21.5 Å². The molecule has 0 bridgehead atoms. The molecule has 0 radical (unpaired) electrons. The summed E-state index contributed by atoms with van der Waals surface area (Å²) in [5, 5.41) is 2.95. The summed E-state index contributed by atoms with van der Waals surface area (Å²) >= 11 is 5.67. The molecule has 0 fully saturated rings. The Bertz CT molecular complexity index is 640. The van der Waals surface area contributed by atoms with E-state index in [0.717, 1.165) is 24.9 Å². The molecule has 0 heterocycles. The van der Waals surface area contributed by atoms with Crippen molar-refractivity contribution in [3.63, 3.8) is 0 Å². The minimum Gasteiger partial charge on any atom is -0.322 e. The Morgan fingerprint density at radius 1 is 1.16 bits per heavy atom. The maximum atomic E-state index is 12.3. The van der Waals surface area contributed by atoms with Gasteiger partial charge >= 0.3 is 0 Å². The standard InChI is InChI=1S/C15H13BrINO/c1-9-3-5-13(16)12(7-9)15(19)18-14-6-4-11(17)8-10(14)2/h3-8H,1-2H3,(H,18,19). The van der Waals surface area contributed by atoms with Gasteiger partial charge in [0.25, 0.3) is 5.91 Å². The number of amides is 1. The molecular formula is C15H13BrINO. The van der Waals surface area contributed by atoms with Crippen molar-refractivity contribution in [1.29, 1.82) is 0 Å². The summed E-state index contributed by atoms with van der Waals surface area (Å²) in [6.07, 6.45) is 0. The van der Waals surface area contributed by atoms with Crippen molar-refractivity contribution in [2.45, 2.75) is 13.8 Å². The first-order valence-corrected chi connectivity index (χ1v) is 7.68. The second-order valence-corrected chi connectivity index (χ2v) is 6.50. The minimum atomic E-state index is -0.0973. The van der Waals surface area contributed by atoms with Gasteiger partial charge in [-0.2, -0.15) is 0 Å². The smallest absolute Gasteiger partial charge is 0.256 e. The number of rotatable bonds is 2. The maximum absolute atomic E-state index is 12.3. The van der Waals surface area contributed by atoms with Crippen LogP contribution in [0.4, 0.5) is 5.69 Å². The van der Waals surface area contributed by atoms with E-state index in [-0.39, 0.29) is 5.91 Å². The number of benzene rings is 2. The average Bonchev–Trinajstić information content (AvgIpc) is 2.35. The van der Waals surface area contributed by atoms with Crippen LogP contribution in [0.3, 0.4) is 0 Å². The molecule has 19 heavy (non-hydrogen) atoms. The highest BCUT2D eigenvalue weighted by molar-refractivity contribution is 14.1. The number of hydrogen-bond donors (Lipinski definition) is 1. The third-order valence-corrected chi connectivity index (χ3v) is 4.17. The van der Waals surface area contributed by atoms with Gasteiger partial charge in [-0.1, -0.05) is 11.6 Å². The molecule has 0 atom stereocenters. The van der Waals surface area contributed by atoms with Crippen LogP contribution in [-0.4, -0.2) is 5.91 Å². The van der Waals surface area contributed by atoms with Crippen molar-refractivity contribution in [3.8, 4) is 0 Å². The number of hydrogen-bond acceptors (Lipinski definition) is 1. The molecule has 1 N–H and O–H groups in total. The lowest BCUT2D eigenvalue weighted by Gasteiger charge is -2.10. The number of anilines is 1. The lowest BCUT2D eigenvalue weighted by atomic mass is 10.1. The highest BCUT2D eigenvalue weighted by Crippen LogP contribution is 2.22. The van der Waals surface area contributed by atoms with Crippen LogP contribution >= 0.6 is 38.5 Å². The molecule has 2 aromatic carbocycles. The van der Waals surface area contributed by atoms with Crippen molar-refractivity contribution in [3.05, 3.63) is 61.1 Å². The highest BCUT2D eigenvalue weighted by atomic mass is 127. The van der Waals surface area contributed by atoms with Crippen LogP contribution < -0.4 is 5.32 Å². The Balaban J connectivity index is 2.28. The SMILES string of the molecule is Cc1ccc(Br)c(C(=O)Nc2ccc(I)cc2C)c1. The van der Waals surface area contributed by atoms with E-state index in [1.807, 2.05) is 50.2 Å². The van der Waals surface area contributed by atoms with Gasteiger partial charge in [0.15, 0.2) is 0 Å². The molecule has 0 saturated heterocycles. The third-order valence-electron chi connectivity index (χ3n) is 2.80. The van der Waals surface area contributed by atoms with E-state index < -0.39 is 0 Å². The van der Waals surface area contributed by atoms with Gasteiger partial charge in [0, 0.05) is 13.7 Å². The number of aryl methyl sites for hydroxylation is 2. The van der Waals surface area contributed by atoms with Crippen molar-refractivity contribution >= 4 is 50.1 Å². The number of nitrogens with one attached hydrogen (secondary N) is 1. The summed E-state index contributed by atoms with van der Waals surface area (Å²) in [5.74, 6) is -0.0973. The number of carbonyl (C=O) groups excluding carboxylic acids is 1. The highest BCUT2D eigenvalue weighted by Gasteiger charge is 2.11. The van der Waals surface area contributed by atoms with Gasteiger partial charge in [-0.25, -0.2) is 0 Å². The summed E-state index contributed by atoms with van der Waals surface area (Å²) in [6.45, 7) is 3.96. The van der Waals surface area contributed by atoms with E-state index in [9.17, 15) is 4.79 Å². The molecule has 4 heteroatoms. The van der Waals surface area contributed by atoms with Crippen molar-refractivity contribution < 1.29 is 4.79 Å². The molecule has 0 saturated carbocycles. The lowest BCUT2D eigenvalue weighted by Crippen LogP contribution is -2.13. The lowest BCUT2D eigenvalue weighted by molar-refractivity contribution is 0.102. The van der Waals surface area contributed by atoms with Crippen LogP contribution in [0, 0.1) is 17.4 Å². The van der Waals surface area contributed by atoms with Crippen LogP contribution in [0.5, 0.6) is 0 Å². The summed E-state index contributed by atoms with van der Waals surface area (Å²) in [7, 11) is 0. The van der Waals surface area contributed by atoms with Gasteiger partial charge in [0.05, 0.1) is 5.56 Å². The fourth-order valence-corrected chi connectivity index (χ4v) is 2.84. The molecular weight excluding hydrogens is 417 g/mol. The average molecular weight is 430 g/mol. The number of carbonyl (C=O) groups is 1. The van der Waals surface area contributed by atoms with Crippen molar-refractivity contribution in [2.24, 2.45) is 0 Å². The van der Waals surface area contributed by atoms with Crippen LogP contribution in [-0.2, 0) is 0 Å². The van der Waals surface area contributed by atoms with Gasteiger partial charge in [-0.05, 0) is 88.3 Å². The predicted molar refractivity (Wildman–Crippen MR) is 90.7 cm³/mol. The Kier molecular flexibility index (Phi) is 4.62. The zero-order chi connectivity index (χ0) is 14.0. The quantitative estimate of drug-likeness (QED) is 0.674. The summed E-state index contributed by atoms with van der Waals surface area (Å²) in [5.41, 5.74) is 3.62. The van der Waals surface area contributed by atoms with Gasteiger partial charge < -0.3 is 5.32 Å². The van der Waals surface area contributed by atoms with Crippen molar-refractivity contribution in [2.75, 3.05) is 5.32 Å². The zero-order valence-corrected chi connectivity index (χ0v) is 14.4. The zero-order valence-electron chi connectivity index (χ0n) is 10.6. The normalized spacial score (nSPS) is 10.3. The number of halogens is 2. The first-order chi connectivity index (χ1) is 8.97. The molecule has 2 aromatic rings. The molecule has 0 unspecified atom stereocenters. The third kappa shape index (κ3) is 3.57. The second-order valence-electron chi connectivity index (χ2n) is 4.40. The van der Waals surface area contributed by atoms with Crippen LogP contribution in [0.2, 0.25) is 0 Å². The van der Waals surface area contributed by atoms with Crippen LogP contribution in [0.15, 0.2) is 40.9 Å². The predicted octanol–water partition coefficient (Wildman–Crippen LogP) is 4.92. The van der Waals surface area contributed by atoms with E-state index in [0.29, 0.717) is 5.56 Å². The Morgan fingerprint density at radius 3 is 2.58 bits per heavy atom. The molecule has 0 aromatic heterocycles. The van der Waals surface area contributed by atoms with E-state index in [1.54, 1.807) is 0 Å². The Hall–Kier alpha value is -0.880. The van der Waals surface area contributed by atoms with Crippen molar-refractivity contribution in [1.82, 2.24) is 0 Å². The summed E-state index contributed by atoms with van der Waals surface area (Å²) in [4.78, 5) is 12.3. The van der Waals surface area contributed by atoms with E-state index >= 15 is 0 Å². The van der Waals surface area contributed by atoms with Gasteiger partial charge in [0.1, 0.15) is 0 Å². The summed E-state index contributed by atoms with van der Waals surface area (Å²) in [6, 6.07) is 11.7. The maximum Gasteiger partial charge on any atom is 0.256 e. The topological polar surface area (TPSA) is 29.1 Å². The first-order valence-electron chi connectivity index (χ1n) is 5.81. The Morgan fingerprint density at radius 2 is 1.89 bits per heavy atom. The molecule has 0 aliphatic carbocycles. The van der Waals surface area contributed by atoms with Gasteiger partial charge in [-0.15, -0.1) is 0 Å². The fraction of sp³-hybridized carbons (Fsp3) is 0.133. The minimum absolute atomic E-state index is 0.0973. The molecule has 98 valence electrons. The molecule has 0 aliphatic rings. The second kappa shape index (κ2) is 6.05. The first kappa shape index (κ1) is 14.5. The largest absolute Gasteiger partial charge is 0.322 e. The Labute approximate surface area is 134 Å². The van der Waals surface area contributed by atoms with Gasteiger partial charge in [-0.3, -0.25) is 4.79 Å². The molecule has 0 spiro atoms. The summed E-state index contributed by atoms with van der Waals surface area (Å²) < 4.78 is 1.96. The fourth-order valence-electron chi connectivity index (χ4n) is 1.77. The molecule has 2 rings (SSSR count). The molecule has 2 nitrogen and oxygen atoms in total.